The van der Waals surface area contributed by atoms with Crippen LogP contribution >= 0.6 is 0 Å². The largest absolute Gasteiger partial charge is 0.367 e. The van der Waals surface area contributed by atoms with Gasteiger partial charge in [-0.05, 0) is 24.5 Å². The van der Waals surface area contributed by atoms with Crippen molar-refractivity contribution in [3.63, 3.8) is 0 Å². The van der Waals surface area contributed by atoms with Crippen molar-refractivity contribution in [2.45, 2.75) is 13.3 Å². The molecule has 0 spiro atoms. The van der Waals surface area contributed by atoms with E-state index in [0.29, 0.717) is 0 Å². The first-order chi connectivity index (χ1) is 6.33. The number of fused-ring (bicyclic) bond motifs is 1. The zero-order valence-corrected chi connectivity index (χ0v) is 8.09. The van der Waals surface area contributed by atoms with E-state index in [9.17, 15) is 0 Å². The summed E-state index contributed by atoms with van der Waals surface area (Å²) in [6, 6.07) is 6.55. The van der Waals surface area contributed by atoms with Gasteiger partial charge < -0.3 is 4.90 Å². The van der Waals surface area contributed by atoms with Crippen molar-refractivity contribution in [1.29, 1.82) is 0 Å². The van der Waals surface area contributed by atoms with Gasteiger partial charge in [-0.15, -0.1) is 6.58 Å². The zero-order chi connectivity index (χ0) is 9.26. The van der Waals surface area contributed by atoms with Gasteiger partial charge in [-0.2, -0.15) is 0 Å². The first-order valence-corrected chi connectivity index (χ1v) is 4.77. The van der Waals surface area contributed by atoms with Gasteiger partial charge in [-0.3, -0.25) is 0 Å². The van der Waals surface area contributed by atoms with Crippen molar-refractivity contribution >= 4 is 5.69 Å². The molecule has 0 aromatic heterocycles. The van der Waals surface area contributed by atoms with Gasteiger partial charge in [-0.1, -0.05) is 24.3 Å². The average molecular weight is 173 g/mol. The first kappa shape index (κ1) is 8.36. The molecule has 1 aromatic rings. The van der Waals surface area contributed by atoms with E-state index in [1.165, 1.54) is 23.2 Å². The second-order valence-corrected chi connectivity index (χ2v) is 3.57. The van der Waals surface area contributed by atoms with Crippen LogP contribution in [0.4, 0.5) is 5.69 Å². The summed E-state index contributed by atoms with van der Waals surface area (Å²) in [5, 5.41) is 0. The number of hydrogen-bond acceptors (Lipinski definition) is 1. The van der Waals surface area contributed by atoms with Gasteiger partial charge in [0, 0.05) is 18.8 Å². The molecule has 0 aliphatic carbocycles. The van der Waals surface area contributed by atoms with Crippen LogP contribution in [0.3, 0.4) is 0 Å². The van der Waals surface area contributed by atoms with Gasteiger partial charge in [0.1, 0.15) is 0 Å². The molecule has 0 radical (unpaired) electrons. The number of hydrogen-bond donors (Lipinski definition) is 0. The standard InChI is InChI=1S/C12H15N/c1-3-8-13-9-7-11-6-4-5-10(2)12(11)13/h3-6H,1,7-9H2,2H3. The molecule has 1 heteroatoms. The molecule has 1 aliphatic heterocycles. The highest BCUT2D eigenvalue weighted by atomic mass is 15.1. The third-order valence-corrected chi connectivity index (χ3v) is 2.64. The van der Waals surface area contributed by atoms with Crippen molar-refractivity contribution in [2.24, 2.45) is 0 Å². The molecule has 0 amide bonds. The predicted octanol–water partition coefficient (Wildman–Crippen LogP) is 2.54. The van der Waals surface area contributed by atoms with E-state index in [4.69, 9.17) is 0 Å². The van der Waals surface area contributed by atoms with Gasteiger partial charge in [-0.25, -0.2) is 0 Å². The summed E-state index contributed by atoms with van der Waals surface area (Å²) in [5.74, 6) is 0. The fraction of sp³-hybridized carbons (Fsp3) is 0.333. The molecular formula is C12H15N. The summed E-state index contributed by atoms with van der Waals surface area (Å²) < 4.78 is 0. The molecule has 0 bridgehead atoms. The quantitative estimate of drug-likeness (QED) is 0.621. The second kappa shape index (κ2) is 3.25. The average Bonchev–Trinajstić information content (AvgIpc) is 2.51. The van der Waals surface area contributed by atoms with Gasteiger partial charge in [0.25, 0.3) is 0 Å². The fourth-order valence-corrected chi connectivity index (χ4v) is 2.08. The van der Waals surface area contributed by atoms with Crippen LogP contribution in [0.25, 0.3) is 0 Å². The highest BCUT2D eigenvalue weighted by Gasteiger charge is 2.18. The Morgan fingerprint density at radius 2 is 2.38 bits per heavy atom. The van der Waals surface area contributed by atoms with Crippen molar-refractivity contribution in [2.75, 3.05) is 18.0 Å². The van der Waals surface area contributed by atoms with E-state index >= 15 is 0 Å². The van der Waals surface area contributed by atoms with Crippen LogP contribution in [0, 0.1) is 6.92 Å². The summed E-state index contributed by atoms with van der Waals surface area (Å²) in [6.45, 7) is 8.08. The van der Waals surface area contributed by atoms with E-state index in [2.05, 4.69) is 36.6 Å². The Morgan fingerprint density at radius 3 is 3.15 bits per heavy atom. The molecule has 1 nitrogen and oxygen atoms in total. The molecule has 2 rings (SSSR count). The number of para-hydroxylation sites is 1. The Hall–Kier alpha value is -1.24. The Labute approximate surface area is 79.7 Å². The molecule has 0 N–H and O–H groups in total. The van der Waals surface area contributed by atoms with Crippen molar-refractivity contribution in [1.82, 2.24) is 0 Å². The van der Waals surface area contributed by atoms with E-state index in [-0.39, 0.29) is 0 Å². The van der Waals surface area contributed by atoms with E-state index in [1.807, 2.05) is 6.08 Å². The molecular weight excluding hydrogens is 158 g/mol. The normalized spacial score (nSPS) is 14.4. The number of benzene rings is 1. The maximum absolute atomic E-state index is 3.79. The number of nitrogens with zero attached hydrogens (tertiary/aromatic N) is 1. The maximum Gasteiger partial charge on any atom is 0.0432 e. The van der Waals surface area contributed by atoms with Crippen LogP contribution in [0.1, 0.15) is 11.1 Å². The smallest absolute Gasteiger partial charge is 0.0432 e. The van der Waals surface area contributed by atoms with E-state index in [1.54, 1.807) is 0 Å². The number of rotatable bonds is 2. The fourth-order valence-electron chi connectivity index (χ4n) is 2.08. The molecule has 1 heterocycles. The van der Waals surface area contributed by atoms with E-state index < -0.39 is 0 Å². The van der Waals surface area contributed by atoms with Crippen LogP contribution in [0.15, 0.2) is 30.9 Å². The van der Waals surface area contributed by atoms with Crippen LogP contribution < -0.4 is 4.90 Å². The summed E-state index contributed by atoms with van der Waals surface area (Å²) >= 11 is 0. The molecule has 0 fully saturated rings. The zero-order valence-electron chi connectivity index (χ0n) is 8.09. The lowest BCUT2D eigenvalue weighted by atomic mass is 10.1. The minimum atomic E-state index is 0.970. The Kier molecular flexibility index (Phi) is 2.09. The molecule has 0 saturated carbocycles. The molecule has 0 unspecified atom stereocenters. The molecule has 1 aliphatic rings. The molecule has 0 saturated heterocycles. The molecule has 1 aromatic carbocycles. The Morgan fingerprint density at radius 1 is 1.54 bits per heavy atom. The highest BCUT2D eigenvalue weighted by molar-refractivity contribution is 5.63. The minimum Gasteiger partial charge on any atom is -0.367 e. The lowest BCUT2D eigenvalue weighted by molar-refractivity contribution is 0.902. The second-order valence-electron chi connectivity index (χ2n) is 3.57. The van der Waals surface area contributed by atoms with Crippen LogP contribution in [-0.4, -0.2) is 13.1 Å². The van der Waals surface area contributed by atoms with Gasteiger partial charge in [0.15, 0.2) is 0 Å². The Balaban J connectivity index is 2.39. The van der Waals surface area contributed by atoms with Crippen molar-refractivity contribution in [3.8, 4) is 0 Å². The third kappa shape index (κ3) is 1.35. The van der Waals surface area contributed by atoms with Crippen LogP contribution in [-0.2, 0) is 6.42 Å². The summed E-state index contributed by atoms with van der Waals surface area (Å²) in [5.41, 5.74) is 4.31. The summed E-state index contributed by atoms with van der Waals surface area (Å²) in [7, 11) is 0. The first-order valence-electron chi connectivity index (χ1n) is 4.77. The minimum absolute atomic E-state index is 0.970. The van der Waals surface area contributed by atoms with Crippen LogP contribution in [0.5, 0.6) is 0 Å². The number of aryl methyl sites for hydroxylation is 1. The van der Waals surface area contributed by atoms with Gasteiger partial charge in [0.2, 0.25) is 0 Å². The van der Waals surface area contributed by atoms with Crippen molar-refractivity contribution in [3.05, 3.63) is 42.0 Å². The lowest BCUT2D eigenvalue weighted by Gasteiger charge is -2.18. The Bertz CT molecular complexity index is 328. The van der Waals surface area contributed by atoms with E-state index in [0.717, 1.165) is 13.1 Å². The predicted molar refractivity (Wildman–Crippen MR) is 57.3 cm³/mol. The molecule has 68 valence electrons. The summed E-state index contributed by atoms with van der Waals surface area (Å²) in [6.07, 6.45) is 3.16. The highest BCUT2D eigenvalue weighted by Crippen LogP contribution is 2.30. The lowest BCUT2D eigenvalue weighted by Crippen LogP contribution is -2.20. The van der Waals surface area contributed by atoms with Gasteiger partial charge >= 0.3 is 0 Å². The topological polar surface area (TPSA) is 3.24 Å². The maximum atomic E-state index is 3.79. The summed E-state index contributed by atoms with van der Waals surface area (Å²) in [4.78, 5) is 2.40. The van der Waals surface area contributed by atoms with Crippen molar-refractivity contribution < 1.29 is 0 Å². The van der Waals surface area contributed by atoms with Gasteiger partial charge in [0.05, 0.1) is 0 Å². The van der Waals surface area contributed by atoms with Crippen LogP contribution in [0.2, 0.25) is 0 Å². The SMILES string of the molecule is C=CCN1CCc2cccc(C)c21. The molecule has 0 atom stereocenters. The monoisotopic (exact) mass is 173 g/mol. The molecule has 13 heavy (non-hydrogen) atoms. The third-order valence-electron chi connectivity index (χ3n) is 2.64. The number of anilines is 1.